The Hall–Kier alpha value is -2.09. The van der Waals surface area contributed by atoms with Crippen molar-refractivity contribution >= 4 is 83.1 Å². The smallest absolute Gasteiger partial charge is 0.160 e. The van der Waals surface area contributed by atoms with E-state index in [9.17, 15) is 4.79 Å². The number of carbonyl (C=O) groups excluding carboxylic acids is 1. The molecule has 6 rings (SSSR count). The molecule has 0 aliphatic rings. The van der Waals surface area contributed by atoms with Gasteiger partial charge in [-0.05, 0) is 101 Å². The lowest BCUT2D eigenvalue weighted by molar-refractivity contribution is 0.112. The standard InChI is InChI=1S/C39H44OS5/c1-3-5-7-9-11-13-15-28-21-31(26-40)42-38(28)32-17-18-33(43-32)39-29(16-14-12-10-8-6-4-2)23-37(45-39)36-25-30-24-34-27(19-20-41-34)22-35(30)44-36/h17-26H,3-16H2,1-2H3. The number of hydrogen-bond donors (Lipinski definition) is 0. The van der Waals surface area contributed by atoms with Gasteiger partial charge >= 0.3 is 0 Å². The zero-order valence-corrected chi connectivity index (χ0v) is 30.7. The van der Waals surface area contributed by atoms with Crippen molar-refractivity contribution in [2.75, 3.05) is 0 Å². The van der Waals surface area contributed by atoms with Crippen LogP contribution in [0.4, 0.5) is 0 Å². The Morgan fingerprint density at radius 3 is 1.82 bits per heavy atom. The number of hydrogen-bond acceptors (Lipinski definition) is 6. The molecular formula is C39H44OS5. The third-order valence-electron chi connectivity index (χ3n) is 8.74. The van der Waals surface area contributed by atoms with Crippen molar-refractivity contribution in [2.24, 2.45) is 0 Å². The fourth-order valence-electron chi connectivity index (χ4n) is 6.24. The quantitative estimate of drug-likeness (QED) is 0.0649. The SMILES string of the molecule is CCCCCCCCc1cc(C=O)sc1-c1ccc(-c2sc(-c3cc4cc5sccc5cc4s3)cc2CCCCCCCC)s1. The zero-order chi connectivity index (χ0) is 31.0. The van der Waals surface area contributed by atoms with Crippen LogP contribution in [-0.4, -0.2) is 6.29 Å². The van der Waals surface area contributed by atoms with Gasteiger partial charge in [0.1, 0.15) is 0 Å². The highest BCUT2D eigenvalue weighted by Crippen LogP contribution is 2.47. The molecule has 0 radical (unpaired) electrons. The van der Waals surface area contributed by atoms with Crippen LogP contribution in [0.25, 0.3) is 49.4 Å². The number of aryl methyl sites for hydroxylation is 2. The molecule has 6 aromatic rings. The van der Waals surface area contributed by atoms with Crippen LogP contribution in [0.15, 0.2) is 53.9 Å². The van der Waals surface area contributed by atoms with Gasteiger partial charge in [-0.15, -0.1) is 56.7 Å². The van der Waals surface area contributed by atoms with Gasteiger partial charge in [0, 0.05) is 38.7 Å². The summed E-state index contributed by atoms with van der Waals surface area (Å²) in [6.07, 6.45) is 18.9. The molecule has 5 heterocycles. The van der Waals surface area contributed by atoms with Gasteiger partial charge in [-0.1, -0.05) is 78.1 Å². The predicted molar refractivity (Wildman–Crippen MR) is 207 cm³/mol. The summed E-state index contributed by atoms with van der Waals surface area (Å²) in [6.45, 7) is 4.56. The molecule has 0 atom stereocenters. The van der Waals surface area contributed by atoms with E-state index in [2.05, 4.69) is 67.8 Å². The molecule has 0 spiro atoms. The predicted octanol–water partition coefficient (Wildman–Crippen LogP) is 14.9. The molecule has 0 saturated heterocycles. The lowest BCUT2D eigenvalue weighted by atomic mass is 10.0. The Bertz CT molecular complexity index is 1770. The molecule has 45 heavy (non-hydrogen) atoms. The average Bonchev–Trinajstić information content (AvgIpc) is 3.88. The van der Waals surface area contributed by atoms with Crippen molar-refractivity contribution < 1.29 is 4.79 Å². The molecule has 0 aliphatic heterocycles. The van der Waals surface area contributed by atoms with Crippen LogP contribution >= 0.6 is 56.7 Å². The third-order valence-corrected chi connectivity index (χ3v) is 14.6. The molecule has 0 N–H and O–H groups in total. The molecule has 1 aromatic carbocycles. The summed E-state index contributed by atoms with van der Waals surface area (Å²) in [7, 11) is 0. The Balaban J connectivity index is 1.26. The van der Waals surface area contributed by atoms with E-state index in [-0.39, 0.29) is 0 Å². The number of benzene rings is 1. The first kappa shape index (κ1) is 32.8. The van der Waals surface area contributed by atoms with Crippen LogP contribution in [0, 0.1) is 0 Å². The van der Waals surface area contributed by atoms with Gasteiger partial charge in [-0.3, -0.25) is 4.79 Å². The van der Waals surface area contributed by atoms with Crippen molar-refractivity contribution in [3.8, 4) is 29.3 Å². The first-order chi connectivity index (χ1) is 22.2. The van der Waals surface area contributed by atoms with Crippen LogP contribution in [0.5, 0.6) is 0 Å². The number of rotatable bonds is 18. The summed E-state index contributed by atoms with van der Waals surface area (Å²) >= 11 is 9.33. The van der Waals surface area contributed by atoms with E-state index >= 15 is 0 Å². The normalized spacial score (nSPS) is 11.8. The summed E-state index contributed by atoms with van der Waals surface area (Å²) in [5.74, 6) is 0. The Kier molecular flexibility index (Phi) is 11.8. The van der Waals surface area contributed by atoms with Crippen molar-refractivity contribution in [1.82, 2.24) is 0 Å². The van der Waals surface area contributed by atoms with Crippen LogP contribution in [0.3, 0.4) is 0 Å². The monoisotopic (exact) mass is 688 g/mol. The topological polar surface area (TPSA) is 17.1 Å². The molecule has 1 nitrogen and oxygen atoms in total. The minimum absolute atomic E-state index is 0.854. The minimum atomic E-state index is 0.854. The zero-order valence-electron chi connectivity index (χ0n) is 26.6. The van der Waals surface area contributed by atoms with Crippen molar-refractivity contribution in [3.63, 3.8) is 0 Å². The van der Waals surface area contributed by atoms with Crippen LogP contribution in [-0.2, 0) is 12.8 Å². The van der Waals surface area contributed by atoms with E-state index < -0.39 is 0 Å². The number of unbranched alkanes of at least 4 members (excludes halogenated alkanes) is 10. The lowest BCUT2D eigenvalue weighted by Crippen LogP contribution is -1.86. The van der Waals surface area contributed by atoms with Crippen LogP contribution in [0.2, 0.25) is 0 Å². The maximum atomic E-state index is 11.8. The van der Waals surface area contributed by atoms with Gasteiger partial charge in [0.25, 0.3) is 0 Å². The number of fused-ring (bicyclic) bond motifs is 2. The molecule has 0 saturated carbocycles. The first-order valence-corrected chi connectivity index (χ1v) is 21.0. The second kappa shape index (κ2) is 16.1. The van der Waals surface area contributed by atoms with E-state index in [4.69, 9.17) is 0 Å². The fraction of sp³-hybridized carbons (Fsp3) is 0.410. The fourth-order valence-corrected chi connectivity index (χ4v) is 11.8. The maximum absolute atomic E-state index is 11.8. The van der Waals surface area contributed by atoms with Gasteiger partial charge in [0.05, 0.1) is 4.88 Å². The first-order valence-electron chi connectivity index (χ1n) is 16.9. The number of thiophene rings is 5. The summed E-state index contributed by atoms with van der Waals surface area (Å²) in [6, 6.07) is 18.7. The minimum Gasteiger partial charge on any atom is -0.297 e. The van der Waals surface area contributed by atoms with Gasteiger partial charge in [-0.2, -0.15) is 0 Å². The average molecular weight is 689 g/mol. The highest BCUT2D eigenvalue weighted by molar-refractivity contribution is 7.30. The van der Waals surface area contributed by atoms with Crippen molar-refractivity contribution in [3.05, 3.63) is 69.9 Å². The Labute approximate surface area is 289 Å². The van der Waals surface area contributed by atoms with Gasteiger partial charge in [0.2, 0.25) is 0 Å². The van der Waals surface area contributed by atoms with Crippen molar-refractivity contribution in [2.45, 2.75) is 104 Å². The summed E-state index contributed by atoms with van der Waals surface area (Å²) < 4.78 is 2.75. The summed E-state index contributed by atoms with van der Waals surface area (Å²) in [5, 5.41) is 4.90. The molecule has 6 heteroatoms. The highest BCUT2D eigenvalue weighted by atomic mass is 32.1. The highest BCUT2D eigenvalue weighted by Gasteiger charge is 2.19. The Morgan fingerprint density at radius 2 is 1.13 bits per heavy atom. The largest absolute Gasteiger partial charge is 0.297 e. The number of carbonyl (C=O) groups is 1. The van der Waals surface area contributed by atoms with E-state index in [0.717, 1.165) is 24.0 Å². The van der Waals surface area contributed by atoms with Crippen LogP contribution < -0.4 is 0 Å². The molecule has 0 amide bonds. The second-order valence-electron chi connectivity index (χ2n) is 12.2. The lowest BCUT2D eigenvalue weighted by Gasteiger charge is -2.04. The molecule has 0 aliphatic carbocycles. The molecule has 0 fully saturated rings. The maximum Gasteiger partial charge on any atom is 0.160 e. The molecule has 5 aromatic heterocycles. The third kappa shape index (κ3) is 8.08. The number of aldehydes is 1. The van der Waals surface area contributed by atoms with E-state index in [1.807, 2.05) is 45.3 Å². The van der Waals surface area contributed by atoms with Gasteiger partial charge < -0.3 is 0 Å². The van der Waals surface area contributed by atoms with Crippen molar-refractivity contribution in [1.29, 1.82) is 0 Å². The molecular weight excluding hydrogens is 645 g/mol. The van der Waals surface area contributed by atoms with E-state index in [1.54, 1.807) is 11.3 Å². The molecule has 0 bridgehead atoms. The van der Waals surface area contributed by atoms with E-state index in [1.165, 1.54) is 138 Å². The van der Waals surface area contributed by atoms with E-state index in [0.29, 0.717) is 0 Å². The molecule has 236 valence electrons. The Morgan fingerprint density at radius 1 is 0.533 bits per heavy atom. The molecule has 0 unspecified atom stereocenters. The van der Waals surface area contributed by atoms with Gasteiger partial charge in [0.15, 0.2) is 6.29 Å². The van der Waals surface area contributed by atoms with Gasteiger partial charge in [-0.25, -0.2) is 0 Å². The second-order valence-corrected chi connectivity index (χ2v) is 17.5. The summed E-state index contributed by atoms with van der Waals surface area (Å²) in [4.78, 5) is 20.8. The summed E-state index contributed by atoms with van der Waals surface area (Å²) in [5.41, 5.74) is 2.86. The van der Waals surface area contributed by atoms with Crippen LogP contribution in [0.1, 0.15) is 112 Å².